The van der Waals surface area contributed by atoms with Crippen LogP contribution in [-0.4, -0.2) is 43.2 Å². The van der Waals surface area contributed by atoms with Crippen LogP contribution in [0.4, 0.5) is 0 Å². The quantitative estimate of drug-likeness (QED) is 0.682. The molecule has 1 aliphatic heterocycles. The number of hydrogen-bond acceptors (Lipinski definition) is 6. The summed E-state index contributed by atoms with van der Waals surface area (Å²) in [6, 6.07) is 9.19. The van der Waals surface area contributed by atoms with Crippen LogP contribution in [0.25, 0.3) is 0 Å². The summed E-state index contributed by atoms with van der Waals surface area (Å²) < 4.78 is 10.5. The maximum absolute atomic E-state index is 12.4. The van der Waals surface area contributed by atoms with E-state index in [4.69, 9.17) is 9.47 Å². The Balaban J connectivity index is 1.54. The molecule has 1 amide bonds. The number of carbonyl (C=O) groups excluding carboxylic acids is 2. The number of amides is 1. The Bertz CT molecular complexity index is 610. The van der Waals surface area contributed by atoms with Crippen molar-refractivity contribution in [2.45, 2.75) is 50.4 Å². The van der Waals surface area contributed by atoms with E-state index in [1.807, 2.05) is 30.3 Å². The van der Waals surface area contributed by atoms with Crippen LogP contribution < -0.4 is 20.9 Å². The average Bonchev–Trinajstić information content (AvgIpc) is 3.05. The number of nitrogens with one attached hydrogen (secondary N) is 3. The predicted molar refractivity (Wildman–Crippen MR) is 91.7 cm³/mol. The zero-order valence-electron chi connectivity index (χ0n) is 14.5. The molecule has 1 aliphatic carbocycles. The lowest BCUT2D eigenvalue weighted by atomic mass is 9.79. The largest absolute Gasteiger partial charge is 0.481 e. The number of rotatable bonds is 5. The highest BCUT2D eigenvalue weighted by molar-refractivity contribution is 5.81. The van der Waals surface area contributed by atoms with Crippen LogP contribution in [0.1, 0.15) is 26.2 Å². The number of fused-ring (bicyclic) bond motifs is 1. The summed E-state index contributed by atoms with van der Waals surface area (Å²) in [6.45, 7) is 1.74. The van der Waals surface area contributed by atoms with Crippen molar-refractivity contribution in [2.75, 3.05) is 7.11 Å². The molecule has 0 radical (unpaired) electrons. The molecule has 25 heavy (non-hydrogen) atoms. The van der Waals surface area contributed by atoms with Gasteiger partial charge in [-0.25, -0.2) is 5.43 Å². The molecule has 3 rings (SSSR count). The molecule has 2 fully saturated rings. The summed E-state index contributed by atoms with van der Waals surface area (Å²) in [6.07, 6.45) is 1.92. The molecule has 136 valence electrons. The molecule has 5 unspecified atom stereocenters. The highest BCUT2D eigenvalue weighted by atomic mass is 16.5. The van der Waals surface area contributed by atoms with E-state index < -0.39 is 6.10 Å². The molecule has 3 N–H and O–H groups in total. The fraction of sp³-hybridized carbons (Fsp3) is 0.556. The van der Waals surface area contributed by atoms with Crippen LogP contribution >= 0.6 is 0 Å². The van der Waals surface area contributed by atoms with Crippen LogP contribution in [0.15, 0.2) is 30.3 Å². The molecule has 7 heteroatoms. The molecule has 1 aromatic carbocycles. The predicted octanol–water partition coefficient (Wildman–Crippen LogP) is 0.757. The van der Waals surface area contributed by atoms with Crippen molar-refractivity contribution in [3.05, 3.63) is 30.3 Å². The number of hydrazine groups is 1. The van der Waals surface area contributed by atoms with Crippen LogP contribution in [-0.2, 0) is 14.3 Å². The highest BCUT2D eigenvalue weighted by Crippen LogP contribution is 2.31. The van der Waals surface area contributed by atoms with Crippen molar-refractivity contribution in [1.29, 1.82) is 0 Å². The van der Waals surface area contributed by atoms with E-state index in [1.54, 1.807) is 6.92 Å². The summed E-state index contributed by atoms with van der Waals surface area (Å²) >= 11 is 0. The number of carbonyl (C=O) groups is 2. The Morgan fingerprint density at radius 3 is 2.68 bits per heavy atom. The normalized spacial score (nSPS) is 29.4. The Hall–Kier alpha value is -2.12. The van der Waals surface area contributed by atoms with Crippen molar-refractivity contribution in [3.8, 4) is 5.75 Å². The number of para-hydroxylation sites is 1. The first-order valence-electron chi connectivity index (χ1n) is 8.69. The van der Waals surface area contributed by atoms with Gasteiger partial charge >= 0.3 is 5.97 Å². The zero-order valence-corrected chi connectivity index (χ0v) is 14.5. The molecule has 1 aromatic rings. The summed E-state index contributed by atoms with van der Waals surface area (Å²) in [4.78, 5) is 24.3. The molecule has 0 spiro atoms. The van der Waals surface area contributed by atoms with Crippen LogP contribution in [0.3, 0.4) is 0 Å². The molecular weight excluding hydrogens is 322 g/mol. The van der Waals surface area contributed by atoms with Crippen LogP contribution in [0.2, 0.25) is 0 Å². The number of benzene rings is 1. The van der Waals surface area contributed by atoms with E-state index in [0.717, 1.165) is 19.3 Å². The van der Waals surface area contributed by atoms with Crippen LogP contribution in [0, 0.1) is 5.92 Å². The van der Waals surface area contributed by atoms with E-state index in [1.165, 1.54) is 7.11 Å². The second kappa shape index (κ2) is 7.84. The summed E-state index contributed by atoms with van der Waals surface area (Å²) in [5.41, 5.74) is 6.18. The minimum atomic E-state index is -0.573. The maximum Gasteiger partial charge on any atom is 0.324 e. The van der Waals surface area contributed by atoms with Gasteiger partial charge < -0.3 is 14.8 Å². The fourth-order valence-electron chi connectivity index (χ4n) is 3.62. The van der Waals surface area contributed by atoms with Gasteiger partial charge in [-0.3, -0.25) is 15.0 Å². The smallest absolute Gasteiger partial charge is 0.324 e. The molecular formula is C18H25N3O4. The van der Waals surface area contributed by atoms with Gasteiger partial charge in [0, 0.05) is 18.0 Å². The van der Waals surface area contributed by atoms with E-state index >= 15 is 0 Å². The Morgan fingerprint density at radius 1 is 1.20 bits per heavy atom. The number of esters is 1. The van der Waals surface area contributed by atoms with Crippen molar-refractivity contribution >= 4 is 11.9 Å². The monoisotopic (exact) mass is 347 g/mol. The minimum Gasteiger partial charge on any atom is -0.481 e. The number of methoxy groups -OCH3 is 1. The van der Waals surface area contributed by atoms with Crippen LogP contribution in [0.5, 0.6) is 5.75 Å². The molecule has 1 saturated carbocycles. The first kappa shape index (κ1) is 17.7. The summed E-state index contributed by atoms with van der Waals surface area (Å²) in [5.74, 6) is 0.370. The SMILES string of the molecule is COC(=O)C1NNC2CCC(NC(=O)C(C)Oc3ccccc3)CC21. The van der Waals surface area contributed by atoms with Gasteiger partial charge in [-0.15, -0.1) is 0 Å². The van der Waals surface area contributed by atoms with Crippen molar-refractivity contribution in [2.24, 2.45) is 5.92 Å². The first-order chi connectivity index (χ1) is 12.1. The number of hydrogen-bond donors (Lipinski definition) is 3. The minimum absolute atomic E-state index is 0.0319. The average molecular weight is 347 g/mol. The van der Waals surface area contributed by atoms with Gasteiger partial charge in [-0.1, -0.05) is 18.2 Å². The molecule has 0 bridgehead atoms. The Morgan fingerprint density at radius 2 is 1.96 bits per heavy atom. The molecule has 0 aromatic heterocycles. The number of ether oxygens (including phenoxy) is 2. The van der Waals surface area contributed by atoms with Crippen molar-refractivity contribution in [3.63, 3.8) is 0 Å². The van der Waals surface area contributed by atoms with Gasteiger partial charge in [0.1, 0.15) is 11.8 Å². The van der Waals surface area contributed by atoms with E-state index in [0.29, 0.717) is 5.75 Å². The van der Waals surface area contributed by atoms with Gasteiger partial charge in [0.05, 0.1) is 7.11 Å². The lowest BCUT2D eigenvalue weighted by Gasteiger charge is -2.33. The zero-order chi connectivity index (χ0) is 17.8. The molecule has 2 aliphatic rings. The third-order valence-electron chi connectivity index (χ3n) is 4.98. The maximum atomic E-state index is 12.4. The Kier molecular flexibility index (Phi) is 5.55. The first-order valence-corrected chi connectivity index (χ1v) is 8.69. The Labute approximate surface area is 147 Å². The van der Waals surface area contributed by atoms with Gasteiger partial charge in [-0.2, -0.15) is 0 Å². The van der Waals surface area contributed by atoms with E-state index in [9.17, 15) is 9.59 Å². The molecule has 1 saturated heterocycles. The van der Waals surface area contributed by atoms with Crippen molar-refractivity contribution in [1.82, 2.24) is 16.2 Å². The second-order valence-electron chi connectivity index (χ2n) is 6.65. The fourth-order valence-corrected chi connectivity index (χ4v) is 3.62. The van der Waals surface area contributed by atoms with Gasteiger partial charge in [-0.05, 0) is 38.3 Å². The van der Waals surface area contributed by atoms with Gasteiger partial charge in [0.2, 0.25) is 0 Å². The topological polar surface area (TPSA) is 88.7 Å². The van der Waals surface area contributed by atoms with E-state index in [2.05, 4.69) is 16.2 Å². The summed E-state index contributed by atoms with van der Waals surface area (Å²) in [5, 5.41) is 3.06. The molecule has 7 nitrogen and oxygen atoms in total. The third-order valence-corrected chi connectivity index (χ3v) is 4.98. The van der Waals surface area contributed by atoms with E-state index in [-0.39, 0.29) is 35.9 Å². The molecule has 5 atom stereocenters. The van der Waals surface area contributed by atoms with Crippen molar-refractivity contribution < 1.29 is 19.1 Å². The molecule has 1 heterocycles. The van der Waals surface area contributed by atoms with Gasteiger partial charge in [0.25, 0.3) is 5.91 Å². The lowest BCUT2D eigenvalue weighted by Crippen LogP contribution is -2.48. The standard InChI is InChI=1S/C18H25N3O4/c1-11(25-13-6-4-3-5-7-13)17(22)19-12-8-9-15-14(10-12)16(21-20-15)18(23)24-2/h3-7,11-12,14-16,20-21H,8-10H2,1-2H3,(H,19,22). The van der Waals surface area contributed by atoms with Gasteiger partial charge in [0.15, 0.2) is 6.10 Å². The second-order valence-corrected chi connectivity index (χ2v) is 6.65. The lowest BCUT2D eigenvalue weighted by molar-refractivity contribution is -0.144. The summed E-state index contributed by atoms with van der Waals surface area (Å²) in [7, 11) is 1.39. The third kappa shape index (κ3) is 4.11. The highest BCUT2D eigenvalue weighted by Gasteiger charge is 2.44.